The van der Waals surface area contributed by atoms with Crippen molar-refractivity contribution in [3.8, 4) is 0 Å². The number of carbonyl (C=O) groups excluding carboxylic acids is 1. The van der Waals surface area contributed by atoms with E-state index in [1.165, 1.54) is 6.42 Å². The molecule has 1 heterocycles. The van der Waals surface area contributed by atoms with Crippen molar-refractivity contribution in [2.45, 2.75) is 53.2 Å². The Hall–Kier alpha value is -1.55. The Balaban J connectivity index is 1.84. The number of nitrogens with one attached hydrogen (secondary N) is 1. The van der Waals surface area contributed by atoms with E-state index >= 15 is 0 Å². The summed E-state index contributed by atoms with van der Waals surface area (Å²) in [4.78, 5) is 14.6. The summed E-state index contributed by atoms with van der Waals surface area (Å²) in [6.07, 6.45) is 1.91. The maximum atomic E-state index is 12.1. The number of hydrogen-bond acceptors (Lipinski definition) is 3. The van der Waals surface area contributed by atoms with Gasteiger partial charge in [-0.3, -0.25) is 0 Å². The number of alkyl carbamates (subject to hydrolysis) is 1. The van der Waals surface area contributed by atoms with Crippen molar-refractivity contribution in [2.24, 2.45) is 11.3 Å². The number of benzene rings is 1. The first-order chi connectivity index (χ1) is 11.4. The van der Waals surface area contributed by atoms with Gasteiger partial charge in [0, 0.05) is 19.1 Å². The summed E-state index contributed by atoms with van der Waals surface area (Å²) in [6.45, 7) is 12.4. The molecule has 0 aromatic heterocycles. The molecule has 134 valence electrons. The Morgan fingerprint density at radius 1 is 1.25 bits per heavy atom. The Labute approximate surface area is 146 Å². The number of ether oxygens (including phenoxy) is 1. The van der Waals surface area contributed by atoms with Crippen molar-refractivity contribution in [1.82, 2.24) is 10.2 Å². The molecule has 1 aromatic rings. The minimum atomic E-state index is -0.309. The molecule has 1 saturated heterocycles. The van der Waals surface area contributed by atoms with Gasteiger partial charge in [0.05, 0.1) is 0 Å². The summed E-state index contributed by atoms with van der Waals surface area (Å²) in [7, 11) is 0. The van der Waals surface area contributed by atoms with Gasteiger partial charge in [0.25, 0.3) is 0 Å². The number of amides is 1. The zero-order valence-electron chi connectivity index (χ0n) is 15.5. The lowest BCUT2D eigenvalue weighted by Crippen LogP contribution is -2.51. The highest BCUT2D eigenvalue weighted by molar-refractivity contribution is 5.67. The number of rotatable bonds is 5. The first-order valence-corrected chi connectivity index (χ1v) is 9.05. The molecule has 1 fully saturated rings. The molecule has 1 amide bonds. The van der Waals surface area contributed by atoms with Crippen molar-refractivity contribution < 1.29 is 9.53 Å². The lowest BCUT2D eigenvalue weighted by Gasteiger charge is -2.39. The molecule has 4 heteroatoms. The highest BCUT2D eigenvalue weighted by atomic mass is 16.5. The molecule has 1 aliphatic rings. The molecule has 0 radical (unpaired) electrons. The Bertz CT molecular complexity index is 510. The Morgan fingerprint density at radius 3 is 2.58 bits per heavy atom. The molecule has 0 saturated carbocycles. The standard InChI is InChI=1S/C20H32N2O2/c1-5-22-13-17(12-20(2,3)4)11-18(14-22)21-19(23)24-15-16-9-7-6-8-10-16/h6-10,17-18H,5,11-15H2,1-4H3,(H,21,23). The van der Waals surface area contributed by atoms with Gasteiger partial charge in [-0.15, -0.1) is 0 Å². The summed E-state index contributed by atoms with van der Waals surface area (Å²) >= 11 is 0. The monoisotopic (exact) mass is 332 g/mol. The largest absolute Gasteiger partial charge is 0.445 e. The second kappa shape index (κ2) is 8.52. The van der Waals surface area contributed by atoms with Gasteiger partial charge < -0.3 is 15.0 Å². The van der Waals surface area contributed by atoms with E-state index in [4.69, 9.17) is 4.74 Å². The molecule has 1 N–H and O–H groups in total. The topological polar surface area (TPSA) is 41.6 Å². The number of piperidine rings is 1. The molecular formula is C20H32N2O2. The van der Waals surface area contributed by atoms with Crippen LogP contribution < -0.4 is 5.32 Å². The van der Waals surface area contributed by atoms with Crippen LogP contribution in [0.3, 0.4) is 0 Å². The fourth-order valence-corrected chi connectivity index (χ4v) is 3.61. The van der Waals surface area contributed by atoms with E-state index in [9.17, 15) is 4.79 Å². The van der Waals surface area contributed by atoms with Crippen LogP contribution in [0.5, 0.6) is 0 Å². The number of hydrogen-bond donors (Lipinski definition) is 1. The third-order valence-corrected chi connectivity index (χ3v) is 4.50. The molecule has 24 heavy (non-hydrogen) atoms. The number of likely N-dealkylation sites (N-methyl/N-ethyl adjacent to an activating group) is 1. The van der Waals surface area contributed by atoms with E-state index in [2.05, 4.69) is 37.9 Å². The Kier molecular flexibility index (Phi) is 6.67. The van der Waals surface area contributed by atoms with Crippen LogP contribution >= 0.6 is 0 Å². The zero-order valence-corrected chi connectivity index (χ0v) is 15.5. The molecule has 0 spiro atoms. The minimum Gasteiger partial charge on any atom is -0.445 e. The Morgan fingerprint density at radius 2 is 1.96 bits per heavy atom. The summed E-state index contributed by atoms with van der Waals surface area (Å²) in [5, 5.41) is 3.07. The van der Waals surface area contributed by atoms with Crippen LogP contribution in [0, 0.1) is 11.3 Å². The van der Waals surface area contributed by atoms with Gasteiger partial charge in [-0.1, -0.05) is 58.0 Å². The van der Waals surface area contributed by atoms with Crippen molar-refractivity contribution >= 4 is 6.09 Å². The van der Waals surface area contributed by atoms with Crippen LogP contribution in [-0.4, -0.2) is 36.7 Å². The van der Waals surface area contributed by atoms with Crippen molar-refractivity contribution in [3.05, 3.63) is 35.9 Å². The van der Waals surface area contributed by atoms with Crippen LogP contribution in [-0.2, 0) is 11.3 Å². The van der Waals surface area contributed by atoms with Gasteiger partial charge in [0.1, 0.15) is 6.61 Å². The molecule has 2 rings (SSSR count). The lowest BCUT2D eigenvalue weighted by molar-refractivity contribution is 0.100. The van der Waals surface area contributed by atoms with Gasteiger partial charge in [0.2, 0.25) is 0 Å². The number of nitrogens with zero attached hydrogens (tertiary/aromatic N) is 1. The van der Waals surface area contributed by atoms with Gasteiger partial charge in [-0.25, -0.2) is 4.79 Å². The van der Waals surface area contributed by atoms with Crippen molar-refractivity contribution in [1.29, 1.82) is 0 Å². The summed E-state index contributed by atoms with van der Waals surface area (Å²) in [5.74, 6) is 0.623. The zero-order chi connectivity index (χ0) is 17.6. The van der Waals surface area contributed by atoms with Crippen LogP contribution in [0.2, 0.25) is 0 Å². The first-order valence-electron chi connectivity index (χ1n) is 9.05. The van der Waals surface area contributed by atoms with Gasteiger partial charge in [0.15, 0.2) is 0 Å². The van der Waals surface area contributed by atoms with Gasteiger partial charge >= 0.3 is 6.09 Å². The SMILES string of the molecule is CCN1CC(CC(C)(C)C)CC(NC(=O)OCc2ccccc2)C1. The minimum absolute atomic E-state index is 0.175. The highest BCUT2D eigenvalue weighted by Crippen LogP contribution is 2.30. The fraction of sp³-hybridized carbons (Fsp3) is 0.650. The average Bonchev–Trinajstić information content (AvgIpc) is 2.52. The second-order valence-corrected chi connectivity index (χ2v) is 8.12. The van der Waals surface area contributed by atoms with Crippen LogP contribution in [0.1, 0.15) is 46.1 Å². The van der Waals surface area contributed by atoms with E-state index in [-0.39, 0.29) is 12.1 Å². The molecule has 4 nitrogen and oxygen atoms in total. The normalized spacial score (nSPS) is 22.2. The molecule has 2 unspecified atom stereocenters. The van der Waals surface area contributed by atoms with Gasteiger partial charge in [-0.05, 0) is 36.3 Å². The summed E-state index contributed by atoms with van der Waals surface area (Å²) in [6, 6.07) is 9.97. The smallest absolute Gasteiger partial charge is 0.407 e. The van der Waals surface area contributed by atoms with E-state index in [0.29, 0.717) is 17.9 Å². The molecule has 1 aliphatic heterocycles. The van der Waals surface area contributed by atoms with Crippen LogP contribution in [0.15, 0.2) is 30.3 Å². The average molecular weight is 332 g/mol. The second-order valence-electron chi connectivity index (χ2n) is 8.12. The third-order valence-electron chi connectivity index (χ3n) is 4.50. The lowest BCUT2D eigenvalue weighted by atomic mass is 9.80. The van der Waals surface area contributed by atoms with Gasteiger partial charge in [-0.2, -0.15) is 0 Å². The molecule has 1 aromatic carbocycles. The maximum absolute atomic E-state index is 12.1. The predicted octanol–water partition coefficient (Wildman–Crippen LogP) is 4.06. The maximum Gasteiger partial charge on any atom is 0.407 e. The summed E-state index contributed by atoms with van der Waals surface area (Å²) in [5.41, 5.74) is 1.33. The van der Waals surface area contributed by atoms with E-state index < -0.39 is 0 Å². The first kappa shape index (κ1) is 18.8. The molecular weight excluding hydrogens is 300 g/mol. The van der Waals surface area contributed by atoms with E-state index in [0.717, 1.165) is 31.6 Å². The van der Waals surface area contributed by atoms with Crippen LogP contribution in [0.4, 0.5) is 4.79 Å². The van der Waals surface area contributed by atoms with Crippen molar-refractivity contribution in [2.75, 3.05) is 19.6 Å². The number of likely N-dealkylation sites (tertiary alicyclic amines) is 1. The molecule has 2 atom stereocenters. The van der Waals surface area contributed by atoms with Crippen molar-refractivity contribution in [3.63, 3.8) is 0 Å². The van der Waals surface area contributed by atoms with E-state index in [1.807, 2.05) is 30.3 Å². The van der Waals surface area contributed by atoms with E-state index in [1.54, 1.807) is 0 Å². The van der Waals surface area contributed by atoms with Crippen LogP contribution in [0.25, 0.3) is 0 Å². The quantitative estimate of drug-likeness (QED) is 0.884. The molecule has 0 bridgehead atoms. The number of carbonyl (C=O) groups is 1. The highest BCUT2D eigenvalue weighted by Gasteiger charge is 2.30. The predicted molar refractivity (Wildman–Crippen MR) is 97.8 cm³/mol. The third kappa shape index (κ3) is 6.52. The molecule has 0 aliphatic carbocycles. The fourth-order valence-electron chi connectivity index (χ4n) is 3.61. The summed E-state index contributed by atoms with van der Waals surface area (Å²) < 4.78 is 5.37.